The molecule has 1 heterocycles. The van der Waals surface area contributed by atoms with Crippen LogP contribution < -0.4 is 4.72 Å². The quantitative estimate of drug-likeness (QED) is 0.873. The molecule has 5 nitrogen and oxygen atoms in total. The topological polar surface area (TPSA) is 74.8 Å². The molecular formula is C11H13N3O2S. The van der Waals surface area contributed by atoms with E-state index >= 15 is 0 Å². The first-order chi connectivity index (χ1) is 7.99. The lowest BCUT2D eigenvalue weighted by Gasteiger charge is -2.09. The Bertz CT molecular complexity index is 618. The van der Waals surface area contributed by atoms with Crippen LogP contribution in [0.2, 0.25) is 0 Å². The number of benzene rings is 1. The van der Waals surface area contributed by atoms with Gasteiger partial charge in [0.1, 0.15) is 0 Å². The molecule has 1 aromatic heterocycles. The summed E-state index contributed by atoms with van der Waals surface area (Å²) in [5, 5.41) is 6.10. The first-order valence-corrected chi connectivity index (χ1v) is 6.57. The van der Waals surface area contributed by atoms with Gasteiger partial charge in [0.2, 0.25) is 0 Å². The van der Waals surface area contributed by atoms with Crippen LogP contribution in [0.1, 0.15) is 11.1 Å². The van der Waals surface area contributed by atoms with Crippen LogP contribution in [0.5, 0.6) is 0 Å². The third-order valence-corrected chi connectivity index (χ3v) is 3.69. The Labute approximate surface area is 99.9 Å². The van der Waals surface area contributed by atoms with E-state index in [9.17, 15) is 8.42 Å². The standard InChI is InChI=1S/C11H13N3O2S/c1-8-3-4-10(9(2)7-8)14-17(15,16)11-5-6-12-13-11/h3-7,14H,1-2H3,(H,12,13). The SMILES string of the molecule is Cc1ccc(NS(=O)(=O)c2ccn[nH]2)c(C)c1. The average Bonchev–Trinajstić information content (AvgIpc) is 2.76. The highest BCUT2D eigenvalue weighted by atomic mass is 32.2. The van der Waals surface area contributed by atoms with Crippen molar-refractivity contribution in [2.75, 3.05) is 4.72 Å². The van der Waals surface area contributed by atoms with Crippen LogP contribution in [0.15, 0.2) is 35.5 Å². The van der Waals surface area contributed by atoms with Crippen LogP contribution in [0.25, 0.3) is 0 Å². The lowest BCUT2D eigenvalue weighted by Crippen LogP contribution is -2.14. The number of anilines is 1. The van der Waals surface area contributed by atoms with E-state index in [4.69, 9.17) is 0 Å². The zero-order valence-corrected chi connectivity index (χ0v) is 10.4. The third kappa shape index (κ3) is 2.47. The van der Waals surface area contributed by atoms with E-state index in [1.165, 1.54) is 12.3 Å². The Kier molecular flexibility index (Phi) is 2.89. The molecule has 0 fully saturated rings. The molecule has 0 amide bonds. The van der Waals surface area contributed by atoms with Crippen LogP contribution in [0, 0.1) is 13.8 Å². The summed E-state index contributed by atoms with van der Waals surface area (Å²) in [5.41, 5.74) is 2.55. The molecule has 0 saturated carbocycles. The molecule has 0 atom stereocenters. The van der Waals surface area contributed by atoms with E-state index in [2.05, 4.69) is 14.9 Å². The molecule has 0 spiro atoms. The fourth-order valence-electron chi connectivity index (χ4n) is 1.52. The molecule has 2 rings (SSSR count). The minimum Gasteiger partial charge on any atom is -0.278 e. The molecule has 0 bridgehead atoms. The molecule has 0 radical (unpaired) electrons. The molecule has 0 unspecified atom stereocenters. The second kappa shape index (κ2) is 4.21. The van der Waals surface area contributed by atoms with Gasteiger partial charge in [0.05, 0.1) is 11.9 Å². The van der Waals surface area contributed by atoms with Gasteiger partial charge in [0, 0.05) is 0 Å². The summed E-state index contributed by atoms with van der Waals surface area (Å²) in [4.78, 5) is 0. The van der Waals surface area contributed by atoms with Gasteiger partial charge in [-0.1, -0.05) is 17.7 Å². The van der Waals surface area contributed by atoms with Crippen LogP contribution >= 0.6 is 0 Å². The molecule has 2 aromatic rings. The smallest absolute Gasteiger partial charge is 0.278 e. The van der Waals surface area contributed by atoms with Crippen molar-refractivity contribution < 1.29 is 8.42 Å². The van der Waals surface area contributed by atoms with Crippen molar-refractivity contribution >= 4 is 15.7 Å². The van der Waals surface area contributed by atoms with E-state index in [1.54, 1.807) is 6.07 Å². The zero-order valence-electron chi connectivity index (χ0n) is 9.56. The summed E-state index contributed by atoms with van der Waals surface area (Å²) in [6, 6.07) is 6.94. The van der Waals surface area contributed by atoms with Crippen LogP contribution in [-0.2, 0) is 10.0 Å². The fraction of sp³-hybridized carbons (Fsp3) is 0.182. The highest BCUT2D eigenvalue weighted by Crippen LogP contribution is 2.19. The number of aromatic amines is 1. The number of H-pyrrole nitrogens is 1. The molecule has 0 saturated heterocycles. The van der Waals surface area contributed by atoms with E-state index in [1.807, 2.05) is 26.0 Å². The minimum absolute atomic E-state index is 0.0532. The Morgan fingerprint density at radius 2 is 2.00 bits per heavy atom. The fourth-order valence-corrected chi connectivity index (χ4v) is 2.56. The van der Waals surface area contributed by atoms with Gasteiger partial charge in [0.15, 0.2) is 5.03 Å². The maximum Gasteiger partial charge on any atom is 0.278 e. The predicted octanol–water partition coefficient (Wildman–Crippen LogP) is 1.83. The van der Waals surface area contributed by atoms with Gasteiger partial charge in [0.25, 0.3) is 10.0 Å². The van der Waals surface area contributed by atoms with Gasteiger partial charge >= 0.3 is 0 Å². The number of hydrogen-bond acceptors (Lipinski definition) is 3. The average molecular weight is 251 g/mol. The zero-order chi connectivity index (χ0) is 12.5. The Hall–Kier alpha value is -1.82. The Balaban J connectivity index is 2.33. The van der Waals surface area contributed by atoms with Crippen molar-refractivity contribution in [2.24, 2.45) is 0 Å². The Morgan fingerprint density at radius 3 is 2.59 bits per heavy atom. The van der Waals surface area contributed by atoms with Gasteiger partial charge in [-0.3, -0.25) is 9.82 Å². The van der Waals surface area contributed by atoms with Crippen LogP contribution in [0.3, 0.4) is 0 Å². The lowest BCUT2D eigenvalue weighted by molar-refractivity contribution is 0.597. The van der Waals surface area contributed by atoms with Crippen molar-refractivity contribution in [2.45, 2.75) is 18.9 Å². The lowest BCUT2D eigenvalue weighted by atomic mass is 10.1. The number of sulfonamides is 1. The normalized spacial score (nSPS) is 11.4. The van der Waals surface area contributed by atoms with Crippen molar-refractivity contribution in [1.82, 2.24) is 10.2 Å². The number of nitrogens with zero attached hydrogens (tertiary/aromatic N) is 1. The summed E-state index contributed by atoms with van der Waals surface area (Å²) in [7, 11) is -3.57. The monoisotopic (exact) mass is 251 g/mol. The summed E-state index contributed by atoms with van der Waals surface area (Å²) < 4.78 is 26.4. The Morgan fingerprint density at radius 1 is 1.24 bits per heavy atom. The maximum atomic E-state index is 11.9. The molecule has 1 aromatic carbocycles. The summed E-state index contributed by atoms with van der Waals surface area (Å²) in [6.45, 7) is 3.82. The summed E-state index contributed by atoms with van der Waals surface area (Å²) >= 11 is 0. The number of nitrogens with one attached hydrogen (secondary N) is 2. The second-order valence-electron chi connectivity index (χ2n) is 3.84. The van der Waals surface area contributed by atoms with Crippen molar-refractivity contribution in [3.63, 3.8) is 0 Å². The third-order valence-electron chi connectivity index (χ3n) is 2.39. The molecule has 0 aliphatic rings. The molecule has 6 heteroatoms. The van der Waals surface area contributed by atoms with E-state index in [0.717, 1.165) is 11.1 Å². The van der Waals surface area contributed by atoms with Crippen LogP contribution in [0.4, 0.5) is 5.69 Å². The van der Waals surface area contributed by atoms with Crippen molar-refractivity contribution in [3.8, 4) is 0 Å². The van der Waals surface area contributed by atoms with Crippen LogP contribution in [-0.4, -0.2) is 18.6 Å². The predicted molar refractivity (Wildman–Crippen MR) is 65.3 cm³/mol. The molecule has 2 N–H and O–H groups in total. The minimum atomic E-state index is -3.57. The van der Waals surface area contributed by atoms with E-state index < -0.39 is 10.0 Å². The number of hydrogen-bond donors (Lipinski definition) is 2. The second-order valence-corrected chi connectivity index (χ2v) is 5.50. The van der Waals surface area contributed by atoms with E-state index in [0.29, 0.717) is 5.69 Å². The molecule has 17 heavy (non-hydrogen) atoms. The highest BCUT2D eigenvalue weighted by molar-refractivity contribution is 7.92. The largest absolute Gasteiger partial charge is 0.278 e. The first-order valence-electron chi connectivity index (χ1n) is 5.08. The van der Waals surface area contributed by atoms with Crippen molar-refractivity contribution in [1.29, 1.82) is 0 Å². The van der Waals surface area contributed by atoms with Gasteiger partial charge in [-0.15, -0.1) is 0 Å². The first kappa shape index (κ1) is 11.7. The van der Waals surface area contributed by atoms with Gasteiger partial charge in [-0.25, -0.2) is 0 Å². The summed E-state index contributed by atoms with van der Waals surface area (Å²) in [6.07, 6.45) is 1.40. The molecular weight excluding hydrogens is 238 g/mol. The maximum absolute atomic E-state index is 11.9. The van der Waals surface area contributed by atoms with Gasteiger partial charge in [-0.2, -0.15) is 13.5 Å². The van der Waals surface area contributed by atoms with E-state index in [-0.39, 0.29) is 5.03 Å². The number of aromatic nitrogens is 2. The number of aryl methyl sites for hydroxylation is 2. The number of rotatable bonds is 3. The molecule has 90 valence electrons. The molecule has 0 aliphatic carbocycles. The molecule has 0 aliphatic heterocycles. The van der Waals surface area contributed by atoms with Gasteiger partial charge in [-0.05, 0) is 31.5 Å². The van der Waals surface area contributed by atoms with Gasteiger partial charge < -0.3 is 0 Å². The van der Waals surface area contributed by atoms with Crippen molar-refractivity contribution in [3.05, 3.63) is 41.6 Å². The highest BCUT2D eigenvalue weighted by Gasteiger charge is 2.16. The summed E-state index contributed by atoms with van der Waals surface area (Å²) in [5.74, 6) is 0.